The Morgan fingerprint density at radius 3 is 2.40 bits per heavy atom. The minimum Gasteiger partial charge on any atom is -0.497 e. The van der Waals surface area contributed by atoms with Gasteiger partial charge in [-0.3, -0.25) is 9.59 Å². The molecule has 2 aromatic carbocycles. The van der Waals surface area contributed by atoms with Crippen molar-refractivity contribution in [2.75, 3.05) is 40.0 Å². The molecule has 2 fully saturated rings. The Labute approximate surface area is 250 Å². The highest BCUT2D eigenvalue weighted by Gasteiger charge is 2.50. The molecule has 7 nitrogen and oxygen atoms in total. The summed E-state index contributed by atoms with van der Waals surface area (Å²) in [5.41, 5.74) is 3.67. The minimum absolute atomic E-state index is 0.0307. The fourth-order valence-electron chi connectivity index (χ4n) is 5.49. The lowest BCUT2D eigenvalue weighted by Crippen LogP contribution is -2.52. The van der Waals surface area contributed by atoms with E-state index in [0.29, 0.717) is 24.6 Å². The number of hydrogen-bond acceptors (Lipinski definition) is 5. The van der Waals surface area contributed by atoms with Crippen molar-refractivity contribution >= 4 is 11.8 Å². The third-order valence-electron chi connectivity index (χ3n) is 8.25. The maximum absolute atomic E-state index is 13.4. The first-order valence-electron chi connectivity index (χ1n) is 15.0. The van der Waals surface area contributed by atoms with Gasteiger partial charge in [-0.15, -0.1) is 0 Å². The van der Waals surface area contributed by atoms with Crippen LogP contribution in [-0.4, -0.2) is 68.3 Å². The number of rotatable bonds is 14. The third-order valence-corrected chi connectivity index (χ3v) is 8.25. The van der Waals surface area contributed by atoms with E-state index in [9.17, 15) is 9.59 Å². The molecule has 2 N–H and O–H groups in total. The van der Waals surface area contributed by atoms with Crippen LogP contribution < -0.4 is 10.6 Å². The summed E-state index contributed by atoms with van der Waals surface area (Å²) in [4.78, 5) is 28.4. The van der Waals surface area contributed by atoms with Gasteiger partial charge in [-0.2, -0.15) is 0 Å². The molecule has 0 spiro atoms. The van der Waals surface area contributed by atoms with E-state index in [1.807, 2.05) is 72.5 Å². The SMILES string of the molecule is C=C(/C=C\C(=C/C)OC)[C@@H]1C[C@@]1(C)NCCOC[C@H](NC(=O)c1ccc(-c2ccccc2)cc1)C(=O)N1CCCCC1. The van der Waals surface area contributed by atoms with Crippen molar-refractivity contribution in [1.82, 2.24) is 15.5 Å². The van der Waals surface area contributed by atoms with Gasteiger partial charge in [0.1, 0.15) is 11.8 Å². The topological polar surface area (TPSA) is 79.9 Å². The Balaban J connectivity index is 1.29. The lowest BCUT2D eigenvalue weighted by Gasteiger charge is -2.30. The molecule has 2 amide bonds. The highest BCUT2D eigenvalue weighted by atomic mass is 16.5. The van der Waals surface area contributed by atoms with Gasteiger partial charge in [0.25, 0.3) is 5.91 Å². The van der Waals surface area contributed by atoms with Gasteiger partial charge >= 0.3 is 0 Å². The number of allylic oxidation sites excluding steroid dienone is 3. The predicted octanol–water partition coefficient (Wildman–Crippen LogP) is 5.51. The second-order valence-electron chi connectivity index (χ2n) is 11.3. The first-order chi connectivity index (χ1) is 20.3. The second kappa shape index (κ2) is 15.0. The van der Waals surface area contributed by atoms with Crippen LogP contribution in [0.4, 0.5) is 0 Å². The van der Waals surface area contributed by atoms with Crippen molar-refractivity contribution < 1.29 is 19.1 Å². The fourth-order valence-corrected chi connectivity index (χ4v) is 5.49. The number of nitrogens with zero attached hydrogens (tertiary/aromatic N) is 1. The summed E-state index contributed by atoms with van der Waals surface area (Å²) in [6.45, 7) is 11.0. The number of ether oxygens (including phenoxy) is 2. The predicted molar refractivity (Wildman–Crippen MR) is 168 cm³/mol. The molecule has 1 heterocycles. The van der Waals surface area contributed by atoms with Crippen LogP contribution in [0.2, 0.25) is 0 Å². The summed E-state index contributed by atoms with van der Waals surface area (Å²) < 4.78 is 11.3. The average Bonchev–Trinajstić information content (AvgIpc) is 3.72. The highest BCUT2D eigenvalue weighted by molar-refractivity contribution is 5.98. The number of nitrogens with one attached hydrogen (secondary N) is 2. The van der Waals surface area contributed by atoms with Crippen LogP contribution in [0.15, 0.2) is 90.7 Å². The van der Waals surface area contributed by atoms with Gasteiger partial charge in [-0.1, -0.05) is 60.7 Å². The summed E-state index contributed by atoms with van der Waals surface area (Å²) in [6.07, 6.45) is 9.97. The van der Waals surface area contributed by atoms with E-state index in [-0.39, 0.29) is 24.0 Å². The summed E-state index contributed by atoms with van der Waals surface area (Å²) in [6, 6.07) is 16.8. The standard InChI is InChI=1S/C35H45N3O4/c1-5-30(41-4)19-14-26(2)31-24-35(31,3)36-20-23-42-25-32(34(40)38-21-10-7-11-22-38)37-33(39)29-17-15-28(16-18-29)27-12-8-6-9-13-27/h5-6,8-9,12-19,31-32,36H,2,7,10-11,20-25H2,1,3-4H3,(H,37,39)/b19-14-,30-5+/t31-,32-,35+/m0/s1. The fraction of sp³-hybridized carbons (Fsp3) is 0.429. The molecule has 0 unspecified atom stereocenters. The van der Waals surface area contributed by atoms with Crippen molar-refractivity contribution in [3.63, 3.8) is 0 Å². The van der Waals surface area contributed by atoms with Crippen molar-refractivity contribution in [2.24, 2.45) is 5.92 Å². The van der Waals surface area contributed by atoms with E-state index in [2.05, 4.69) is 24.1 Å². The van der Waals surface area contributed by atoms with Crippen molar-refractivity contribution in [3.05, 3.63) is 96.3 Å². The zero-order chi connectivity index (χ0) is 30.0. The molecule has 2 aliphatic rings. The van der Waals surface area contributed by atoms with Crippen LogP contribution in [0.3, 0.4) is 0 Å². The monoisotopic (exact) mass is 571 g/mol. The number of hydrogen-bond donors (Lipinski definition) is 2. The number of methoxy groups -OCH3 is 1. The molecular weight excluding hydrogens is 526 g/mol. The van der Waals surface area contributed by atoms with Gasteiger partial charge in [0.2, 0.25) is 5.91 Å². The van der Waals surface area contributed by atoms with E-state index < -0.39 is 6.04 Å². The molecule has 3 atom stereocenters. The molecule has 42 heavy (non-hydrogen) atoms. The molecular formula is C35H45N3O4. The average molecular weight is 572 g/mol. The van der Waals surface area contributed by atoms with Crippen molar-refractivity contribution in [3.8, 4) is 11.1 Å². The van der Waals surface area contributed by atoms with Gasteiger partial charge in [0.05, 0.1) is 20.3 Å². The van der Waals surface area contributed by atoms with E-state index in [1.165, 1.54) is 0 Å². The molecule has 1 aliphatic carbocycles. The molecule has 2 aromatic rings. The molecule has 0 bridgehead atoms. The summed E-state index contributed by atoms with van der Waals surface area (Å²) in [7, 11) is 1.66. The Morgan fingerprint density at radius 2 is 1.74 bits per heavy atom. The molecule has 4 rings (SSSR count). The molecule has 224 valence electrons. The number of carbonyl (C=O) groups excluding carboxylic acids is 2. The number of amides is 2. The molecule has 1 aliphatic heterocycles. The van der Waals surface area contributed by atoms with Crippen LogP contribution >= 0.6 is 0 Å². The smallest absolute Gasteiger partial charge is 0.251 e. The number of carbonyl (C=O) groups is 2. The summed E-state index contributed by atoms with van der Waals surface area (Å²) in [5, 5.41) is 6.54. The van der Waals surface area contributed by atoms with Gasteiger partial charge in [0.15, 0.2) is 0 Å². The molecule has 0 radical (unpaired) electrons. The molecule has 0 aromatic heterocycles. The lowest BCUT2D eigenvalue weighted by molar-refractivity contribution is -0.135. The van der Waals surface area contributed by atoms with Crippen LogP contribution in [-0.2, 0) is 14.3 Å². The van der Waals surface area contributed by atoms with Crippen molar-refractivity contribution in [1.29, 1.82) is 0 Å². The molecule has 7 heteroatoms. The van der Waals surface area contributed by atoms with Crippen LogP contribution in [0.5, 0.6) is 0 Å². The third kappa shape index (κ3) is 8.43. The van der Waals surface area contributed by atoms with E-state index in [4.69, 9.17) is 9.47 Å². The Kier molecular flexibility index (Phi) is 11.2. The summed E-state index contributed by atoms with van der Waals surface area (Å²) >= 11 is 0. The van der Waals surface area contributed by atoms with Crippen molar-refractivity contribution in [2.45, 2.75) is 51.1 Å². The zero-order valence-corrected chi connectivity index (χ0v) is 25.2. The van der Waals surface area contributed by atoms with E-state index >= 15 is 0 Å². The van der Waals surface area contributed by atoms with Crippen LogP contribution in [0.1, 0.15) is 49.9 Å². The maximum atomic E-state index is 13.4. The molecule has 1 saturated heterocycles. The Morgan fingerprint density at radius 1 is 1.05 bits per heavy atom. The largest absolute Gasteiger partial charge is 0.497 e. The maximum Gasteiger partial charge on any atom is 0.251 e. The minimum atomic E-state index is -0.736. The second-order valence-corrected chi connectivity index (χ2v) is 11.3. The number of piperidine rings is 1. The first-order valence-corrected chi connectivity index (χ1v) is 15.0. The van der Waals surface area contributed by atoms with Crippen LogP contribution in [0, 0.1) is 5.92 Å². The number of benzene rings is 2. The first kappa shape index (κ1) is 31.3. The highest BCUT2D eigenvalue weighted by Crippen LogP contribution is 2.47. The van der Waals surface area contributed by atoms with Gasteiger partial charge in [-0.05, 0) is 74.9 Å². The summed E-state index contributed by atoms with van der Waals surface area (Å²) in [5.74, 6) is 0.807. The zero-order valence-electron chi connectivity index (χ0n) is 25.2. The van der Waals surface area contributed by atoms with Gasteiger partial charge in [0, 0.05) is 36.7 Å². The van der Waals surface area contributed by atoms with Gasteiger partial charge in [-0.25, -0.2) is 0 Å². The Bertz CT molecular complexity index is 1260. The lowest BCUT2D eigenvalue weighted by atomic mass is 10.0. The molecule has 1 saturated carbocycles. The quantitative estimate of drug-likeness (QED) is 0.178. The normalized spacial score (nSPS) is 21.2. The Hall–Kier alpha value is -3.68. The van der Waals surface area contributed by atoms with E-state index in [0.717, 1.165) is 61.2 Å². The van der Waals surface area contributed by atoms with Crippen LogP contribution in [0.25, 0.3) is 11.1 Å². The van der Waals surface area contributed by atoms with E-state index in [1.54, 1.807) is 19.2 Å². The van der Waals surface area contributed by atoms with Gasteiger partial charge < -0.3 is 25.0 Å². The number of likely N-dealkylation sites (tertiary alicyclic amines) is 1.